The molecule has 0 heterocycles. The van der Waals surface area contributed by atoms with Gasteiger partial charge in [-0.1, -0.05) is 26.2 Å². The summed E-state index contributed by atoms with van der Waals surface area (Å²) in [5, 5.41) is 14.2. The van der Waals surface area contributed by atoms with Gasteiger partial charge in [0.2, 0.25) is 0 Å². The zero-order chi connectivity index (χ0) is 13.9. The second-order valence-corrected chi connectivity index (χ2v) is 6.81. The van der Waals surface area contributed by atoms with E-state index in [0.29, 0.717) is 5.41 Å². The lowest BCUT2D eigenvalue weighted by Crippen LogP contribution is -2.29. The van der Waals surface area contributed by atoms with Crippen molar-refractivity contribution in [1.29, 1.82) is 0 Å². The lowest BCUT2D eigenvalue weighted by Gasteiger charge is -2.34. The van der Waals surface area contributed by atoms with E-state index in [2.05, 4.69) is 34.8 Å². The minimum Gasteiger partial charge on any atom is -0.384 e. The molecule has 104 valence electrons. The van der Waals surface area contributed by atoms with Crippen LogP contribution in [0.5, 0.6) is 0 Å². The van der Waals surface area contributed by atoms with Crippen LogP contribution in [0.15, 0.2) is 18.2 Å². The topological polar surface area (TPSA) is 55.2 Å². The molecule has 1 aliphatic carbocycles. The van der Waals surface area contributed by atoms with Crippen LogP contribution >= 0.6 is 22.6 Å². The van der Waals surface area contributed by atoms with Gasteiger partial charge in [0.25, 0.3) is 5.69 Å². The van der Waals surface area contributed by atoms with Crippen LogP contribution in [0.1, 0.15) is 39.0 Å². The standard InChI is InChI=1S/C14H19IN2O2/c1-14(7-3-2-4-8-14)10-16-13-6-5-11(17(18)19)9-12(13)15/h5-6,9,16H,2-4,7-8,10H2,1H3. The van der Waals surface area contributed by atoms with Crippen molar-refractivity contribution in [3.8, 4) is 0 Å². The summed E-state index contributed by atoms with van der Waals surface area (Å²) in [6.07, 6.45) is 6.52. The van der Waals surface area contributed by atoms with Gasteiger partial charge in [-0.2, -0.15) is 0 Å². The second kappa shape index (κ2) is 6.07. The molecule has 0 aliphatic heterocycles. The molecule has 0 amide bonds. The van der Waals surface area contributed by atoms with Crippen LogP contribution < -0.4 is 5.32 Å². The minimum atomic E-state index is -0.353. The van der Waals surface area contributed by atoms with Crippen LogP contribution in [0.25, 0.3) is 0 Å². The SMILES string of the molecule is CC1(CNc2ccc([N+](=O)[O-])cc2I)CCCCC1. The Kier molecular flexibility index (Phi) is 4.65. The highest BCUT2D eigenvalue weighted by molar-refractivity contribution is 14.1. The fraction of sp³-hybridized carbons (Fsp3) is 0.571. The third-order valence-corrected chi connectivity index (χ3v) is 4.82. The molecule has 1 aromatic rings. The van der Waals surface area contributed by atoms with Crippen LogP contribution in [0.2, 0.25) is 0 Å². The lowest BCUT2D eigenvalue weighted by molar-refractivity contribution is -0.384. The predicted octanol–water partition coefficient (Wildman–Crippen LogP) is 4.58. The van der Waals surface area contributed by atoms with Crippen molar-refractivity contribution >= 4 is 34.0 Å². The largest absolute Gasteiger partial charge is 0.384 e. The summed E-state index contributed by atoms with van der Waals surface area (Å²) in [5.74, 6) is 0. The maximum absolute atomic E-state index is 10.7. The monoisotopic (exact) mass is 374 g/mol. The van der Waals surface area contributed by atoms with Gasteiger partial charge in [0.05, 0.1) is 4.92 Å². The van der Waals surface area contributed by atoms with Crippen molar-refractivity contribution in [2.24, 2.45) is 5.41 Å². The van der Waals surface area contributed by atoms with Gasteiger partial charge in [-0.25, -0.2) is 0 Å². The number of nitro groups is 1. The number of hydrogen-bond donors (Lipinski definition) is 1. The van der Waals surface area contributed by atoms with E-state index in [1.807, 2.05) is 6.07 Å². The Morgan fingerprint density at radius 2 is 2.05 bits per heavy atom. The maximum Gasteiger partial charge on any atom is 0.270 e. The van der Waals surface area contributed by atoms with Crippen LogP contribution in [-0.4, -0.2) is 11.5 Å². The first kappa shape index (κ1) is 14.6. The van der Waals surface area contributed by atoms with Crippen molar-refractivity contribution in [3.05, 3.63) is 31.9 Å². The van der Waals surface area contributed by atoms with Gasteiger partial charge in [0.15, 0.2) is 0 Å². The van der Waals surface area contributed by atoms with E-state index in [1.165, 1.54) is 32.1 Å². The molecule has 1 saturated carbocycles. The first-order valence-corrected chi connectivity index (χ1v) is 7.76. The Morgan fingerprint density at radius 3 is 2.63 bits per heavy atom. The number of rotatable bonds is 4. The zero-order valence-electron chi connectivity index (χ0n) is 11.1. The summed E-state index contributed by atoms with van der Waals surface area (Å²) in [7, 11) is 0. The summed E-state index contributed by atoms with van der Waals surface area (Å²) in [5.41, 5.74) is 1.51. The van der Waals surface area contributed by atoms with Gasteiger partial charge in [0, 0.05) is 27.9 Å². The van der Waals surface area contributed by atoms with Gasteiger partial charge in [-0.3, -0.25) is 10.1 Å². The molecule has 0 spiro atoms. The Hall–Kier alpha value is -0.850. The van der Waals surface area contributed by atoms with Crippen molar-refractivity contribution in [2.45, 2.75) is 39.0 Å². The molecule has 4 nitrogen and oxygen atoms in total. The summed E-state index contributed by atoms with van der Waals surface area (Å²) in [6.45, 7) is 3.28. The van der Waals surface area contributed by atoms with E-state index in [1.54, 1.807) is 12.1 Å². The lowest BCUT2D eigenvalue weighted by atomic mass is 9.76. The van der Waals surface area contributed by atoms with Crippen LogP contribution in [0, 0.1) is 19.1 Å². The summed E-state index contributed by atoms with van der Waals surface area (Å²) in [4.78, 5) is 10.3. The maximum atomic E-state index is 10.7. The molecule has 1 N–H and O–H groups in total. The number of nitro benzene ring substituents is 1. The van der Waals surface area contributed by atoms with Crippen LogP contribution in [-0.2, 0) is 0 Å². The number of halogens is 1. The molecule has 1 aromatic carbocycles. The van der Waals surface area contributed by atoms with Gasteiger partial charge in [-0.15, -0.1) is 0 Å². The van der Waals surface area contributed by atoms with Crippen LogP contribution in [0.4, 0.5) is 11.4 Å². The molecule has 2 rings (SSSR count). The fourth-order valence-corrected chi connectivity index (χ4v) is 3.34. The predicted molar refractivity (Wildman–Crippen MR) is 85.5 cm³/mol. The van der Waals surface area contributed by atoms with Crippen molar-refractivity contribution in [3.63, 3.8) is 0 Å². The van der Waals surface area contributed by atoms with Gasteiger partial charge in [-0.05, 0) is 46.9 Å². The van der Waals surface area contributed by atoms with Gasteiger partial charge >= 0.3 is 0 Å². The number of anilines is 1. The molecule has 0 bridgehead atoms. The highest BCUT2D eigenvalue weighted by Gasteiger charge is 2.26. The minimum absolute atomic E-state index is 0.152. The first-order valence-electron chi connectivity index (χ1n) is 6.68. The molecule has 0 saturated heterocycles. The fourth-order valence-electron chi connectivity index (χ4n) is 2.65. The quantitative estimate of drug-likeness (QED) is 0.477. The van der Waals surface area contributed by atoms with Crippen molar-refractivity contribution < 1.29 is 4.92 Å². The molecule has 19 heavy (non-hydrogen) atoms. The number of non-ortho nitro benzene ring substituents is 1. The molecule has 0 aromatic heterocycles. The zero-order valence-corrected chi connectivity index (χ0v) is 13.3. The van der Waals surface area contributed by atoms with Crippen molar-refractivity contribution in [1.82, 2.24) is 0 Å². The van der Waals surface area contributed by atoms with E-state index in [-0.39, 0.29) is 10.6 Å². The molecule has 5 heteroatoms. The average Bonchev–Trinajstić information content (AvgIpc) is 2.38. The van der Waals surface area contributed by atoms with E-state index in [9.17, 15) is 10.1 Å². The third kappa shape index (κ3) is 3.81. The normalized spacial score (nSPS) is 18.0. The summed E-state index contributed by atoms with van der Waals surface area (Å²) in [6, 6.07) is 4.99. The Morgan fingerprint density at radius 1 is 1.37 bits per heavy atom. The van der Waals surface area contributed by atoms with E-state index < -0.39 is 0 Å². The van der Waals surface area contributed by atoms with Gasteiger partial charge < -0.3 is 5.32 Å². The smallest absolute Gasteiger partial charge is 0.270 e. The first-order chi connectivity index (χ1) is 9.00. The van der Waals surface area contributed by atoms with E-state index in [0.717, 1.165) is 15.8 Å². The third-order valence-electron chi connectivity index (χ3n) is 3.93. The molecule has 0 atom stereocenters. The summed E-state index contributed by atoms with van der Waals surface area (Å²) >= 11 is 2.15. The van der Waals surface area contributed by atoms with Crippen LogP contribution in [0.3, 0.4) is 0 Å². The molecular formula is C14H19IN2O2. The Balaban J connectivity index is 2.01. The molecular weight excluding hydrogens is 355 g/mol. The number of benzene rings is 1. The highest BCUT2D eigenvalue weighted by atomic mass is 127. The summed E-state index contributed by atoms with van der Waals surface area (Å²) < 4.78 is 0.909. The Labute approximate surface area is 127 Å². The van der Waals surface area contributed by atoms with E-state index >= 15 is 0 Å². The molecule has 0 unspecified atom stereocenters. The molecule has 1 aliphatic rings. The highest BCUT2D eigenvalue weighted by Crippen LogP contribution is 2.36. The van der Waals surface area contributed by atoms with Gasteiger partial charge in [0.1, 0.15) is 0 Å². The number of hydrogen-bond acceptors (Lipinski definition) is 3. The molecule has 0 radical (unpaired) electrons. The van der Waals surface area contributed by atoms with Crippen molar-refractivity contribution in [2.75, 3.05) is 11.9 Å². The number of nitrogens with one attached hydrogen (secondary N) is 1. The average molecular weight is 374 g/mol. The van der Waals surface area contributed by atoms with E-state index in [4.69, 9.17) is 0 Å². The molecule has 1 fully saturated rings. The second-order valence-electron chi connectivity index (χ2n) is 5.65. The number of nitrogens with zero attached hydrogens (tertiary/aromatic N) is 1. The Bertz CT molecular complexity index is 471.